The van der Waals surface area contributed by atoms with E-state index in [1.54, 1.807) is 14.2 Å². The minimum absolute atomic E-state index is 0.130. The molecule has 0 bridgehead atoms. The van der Waals surface area contributed by atoms with Crippen LogP contribution in [0.15, 0.2) is 54.6 Å². The molecule has 2 aromatic rings. The molecule has 1 N–H and O–H groups in total. The zero-order chi connectivity index (χ0) is 21.0. The molecular formula is C26H33NO3. The molecule has 3 atom stereocenters. The second-order valence-electron chi connectivity index (χ2n) is 8.57. The Kier molecular flexibility index (Phi) is 6.45. The Bertz CT molecular complexity index is 866. The quantitative estimate of drug-likeness (QED) is 0.725. The normalized spacial score (nSPS) is 27.0. The van der Waals surface area contributed by atoms with Gasteiger partial charge >= 0.3 is 0 Å². The predicted molar refractivity (Wildman–Crippen MR) is 121 cm³/mol. The van der Waals surface area contributed by atoms with E-state index in [4.69, 9.17) is 9.47 Å². The monoisotopic (exact) mass is 407 g/mol. The molecule has 4 heteroatoms. The van der Waals surface area contributed by atoms with Crippen LogP contribution >= 0.6 is 0 Å². The molecule has 0 aromatic heterocycles. The topological polar surface area (TPSA) is 41.9 Å². The van der Waals surface area contributed by atoms with E-state index >= 15 is 0 Å². The molecule has 1 saturated carbocycles. The Morgan fingerprint density at radius 2 is 1.90 bits per heavy atom. The van der Waals surface area contributed by atoms with Crippen LogP contribution in [0.4, 0.5) is 0 Å². The lowest BCUT2D eigenvalue weighted by Gasteiger charge is -2.52. The number of hydrogen-bond donors (Lipinski definition) is 1. The highest BCUT2D eigenvalue weighted by atomic mass is 16.5. The van der Waals surface area contributed by atoms with Gasteiger partial charge in [0, 0.05) is 36.7 Å². The molecule has 0 spiro atoms. The molecule has 2 aliphatic rings. The molecule has 0 unspecified atom stereocenters. The van der Waals surface area contributed by atoms with Crippen molar-refractivity contribution in [3.8, 4) is 11.5 Å². The molecule has 1 aliphatic heterocycles. The summed E-state index contributed by atoms with van der Waals surface area (Å²) in [6.45, 7) is 1.73. The van der Waals surface area contributed by atoms with Crippen molar-refractivity contribution in [3.63, 3.8) is 0 Å². The SMILES string of the molecule is COc1ccc([C@H]2[C@H]3CCCC[C@]3(O)CCN2C/C=C/c2ccccc2)c(OC)c1. The summed E-state index contributed by atoms with van der Waals surface area (Å²) in [6, 6.07) is 16.6. The molecule has 2 fully saturated rings. The number of methoxy groups -OCH3 is 2. The summed E-state index contributed by atoms with van der Waals surface area (Å²) in [5.74, 6) is 1.85. The highest BCUT2D eigenvalue weighted by Crippen LogP contribution is 2.51. The van der Waals surface area contributed by atoms with Crippen LogP contribution in [0.2, 0.25) is 0 Å². The molecule has 4 nitrogen and oxygen atoms in total. The van der Waals surface area contributed by atoms with E-state index in [0.29, 0.717) is 0 Å². The third-order valence-corrected chi connectivity index (χ3v) is 6.88. The van der Waals surface area contributed by atoms with E-state index in [1.807, 2.05) is 18.2 Å². The Labute approximate surface area is 180 Å². The molecule has 4 rings (SSSR count). The first kappa shape index (κ1) is 21.0. The van der Waals surface area contributed by atoms with Crippen molar-refractivity contribution in [1.29, 1.82) is 0 Å². The van der Waals surface area contributed by atoms with Crippen molar-refractivity contribution in [2.75, 3.05) is 27.3 Å². The maximum Gasteiger partial charge on any atom is 0.127 e. The van der Waals surface area contributed by atoms with Gasteiger partial charge in [-0.2, -0.15) is 0 Å². The van der Waals surface area contributed by atoms with E-state index in [2.05, 4.69) is 47.4 Å². The first-order valence-corrected chi connectivity index (χ1v) is 11.0. The largest absolute Gasteiger partial charge is 0.497 e. The fourth-order valence-electron chi connectivity index (χ4n) is 5.31. The minimum atomic E-state index is -0.576. The van der Waals surface area contributed by atoms with Crippen LogP contribution < -0.4 is 9.47 Å². The molecule has 1 heterocycles. The smallest absolute Gasteiger partial charge is 0.127 e. The number of piperidine rings is 1. The summed E-state index contributed by atoms with van der Waals surface area (Å²) >= 11 is 0. The van der Waals surface area contributed by atoms with E-state index in [9.17, 15) is 5.11 Å². The van der Waals surface area contributed by atoms with Gasteiger partial charge in [0.25, 0.3) is 0 Å². The maximum atomic E-state index is 11.5. The first-order valence-electron chi connectivity index (χ1n) is 11.0. The molecule has 0 radical (unpaired) electrons. The number of likely N-dealkylation sites (tertiary alicyclic amines) is 1. The first-order chi connectivity index (χ1) is 14.6. The summed E-state index contributed by atoms with van der Waals surface area (Å²) in [5.41, 5.74) is 1.78. The number of rotatable bonds is 6. The average molecular weight is 408 g/mol. The number of hydrogen-bond acceptors (Lipinski definition) is 4. The fraction of sp³-hybridized carbons (Fsp3) is 0.462. The maximum absolute atomic E-state index is 11.5. The second-order valence-corrected chi connectivity index (χ2v) is 8.57. The molecule has 1 aliphatic carbocycles. The number of benzene rings is 2. The lowest BCUT2D eigenvalue weighted by Crippen LogP contribution is -2.54. The Morgan fingerprint density at radius 3 is 2.67 bits per heavy atom. The molecular weight excluding hydrogens is 374 g/mol. The Morgan fingerprint density at radius 1 is 1.07 bits per heavy atom. The standard InChI is InChI=1S/C26H33NO3/c1-29-21-13-14-22(24(19-21)30-2)25-23-12-6-7-15-26(23,28)16-18-27(25)17-8-11-20-9-4-3-5-10-20/h3-5,8-11,13-14,19,23,25,28H,6-7,12,15-18H2,1-2H3/b11-8+/t23-,25+,26+/m1/s1. The molecule has 2 aromatic carbocycles. The van der Waals surface area contributed by atoms with Crippen molar-refractivity contribution in [2.24, 2.45) is 5.92 Å². The van der Waals surface area contributed by atoms with Gasteiger partial charge in [0.15, 0.2) is 0 Å². The van der Waals surface area contributed by atoms with Crippen LogP contribution in [0.3, 0.4) is 0 Å². The number of fused-ring (bicyclic) bond motifs is 1. The van der Waals surface area contributed by atoms with Crippen LogP contribution in [-0.4, -0.2) is 42.9 Å². The summed E-state index contributed by atoms with van der Waals surface area (Å²) in [6.07, 6.45) is 9.51. The molecule has 30 heavy (non-hydrogen) atoms. The lowest BCUT2D eigenvalue weighted by atomic mass is 9.66. The van der Waals surface area contributed by atoms with Crippen molar-refractivity contribution in [1.82, 2.24) is 4.90 Å². The van der Waals surface area contributed by atoms with E-state index < -0.39 is 5.60 Å². The van der Waals surface area contributed by atoms with Crippen LogP contribution in [0.5, 0.6) is 11.5 Å². The number of nitrogens with zero attached hydrogens (tertiary/aromatic N) is 1. The summed E-state index contributed by atoms with van der Waals surface area (Å²) < 4.78 is 11.2. The van der Waals surface area contributed by atoms with Crippen molar-refractivity contribution >= 4 is 6.08 Å². The van der Waals surface area contributed by atoms with Gasteiger partial charge in [-0.15, -0.1) is 0 Å². The van der Waals surface area contributed by atoms with Gasteiger partial charge in [-0.05, 0) is 30.9 Å². The van der Waals surface area contributed by atoms with E-state index in [-0.39, 0.29) is 12.0 Å². The fourth-order valence-corrected chi connectivity index (χ4v) is 5.31. The highest BCUT2D eigenvalue weighted by Gasteiger charge is 2.49. The van der Waals surface area contributed by atoms with Crippen molar-refractivity contribution < 1.29 is 14.6 Å². The lowest BCUT2D eigenvalue weighted by molar-refractivity contribution is -0.122. The van der Waals surface area contributed by atoms with Gasteiger partial charge in [0.2, 0.25) is 0 Å². The molecule has 160 valence electrons. The third kappa shape index (κ3) is 4.26. The Balaban J connectivity index is 1.66. The summed E-state index contributed by atoms with van der Waals surface area (Å²) in [4.78, 5) is 2.51. The van der Waals surface area contributed by atoms with Gasteiger partial charge in [-0.3, -0.25) is 4.90 Å². The zero-order valence-corrected chi connectivity index (χ0v) is 18.1. The van der Waals surface area contributed by atoms with Crippen LogP contribution in [0, 0.1) is 5.92 Å². The van der Waals surface area contributed by atoms with E-state index in [0.717, 1.165) is 55.8 Å². The Hall–Kier alpha value is -2.30. The van der Waals surface area contributed by atoms with Gasteiger partial charge in [0.1, 0.15) is 11.5 Å². The van der Waals surface area contributed by atoms with Crippen LogP contribution in [-0.2, 0) is 0 Å². The minimum Gasteiger partial charge on any atom is -0.497 e. The second kappa shape index (κ2) is 9.23. The molecule has 0 amide bonds. The average Bonchev–Trinajstić information content (AvgIpc) is 2.79. The van der Waals surface area contributed by atoms with Crippen molar-refractivity contribution in [2.45, 2.75) is 43.7 Å². The van der Waals surface area contributed by atoms with Crippen LogP contribution in [0.25, 0.3) is 6.08 Å². The van der Waals surface area contributed by atoms with Gasteiger partial charge in [0.05, 0.1) is 19.8 Å². The summed E-state index contributed by atoms with van der Waals surface area (Å²) in [7, 11) is 3.39. The zero-order valence-electron chi connectivity index (χ0n) is 18.1. The summed E-state index contributed by atoms with van der Waals surface area (Å²) in [5, 5.41) is 11.5. The highest BCUT2D eigenvalue weighted by molar-refractivity contribution is 5.49. The van der Waals surface area contributed by atoms with Gasteiger partial charge in [-0.1, -0.05) is 61.4 Å². The predicted octanol–water partition coefficient (Wildman–Crippen LogP) is 5.09. The number of ether oxygens (including phenoxy) is 2. The van der Waals surface area contributed by atoms with Crippen molar-refractivity contribution in [3.05, 3.63) is 65.7 Å². The third-order valence-electron chi connectivity index (χ3n) is 6.88. The van der Waals surface area contributed by atoms with Gasteiger partial charge in [-0.25, -0.2) is 0 Å². The van der Waals surface area contributed by atoms with Gasteiger partial charge < -0.3 is 14.6 Å². The van der Waals surface area contributed by atoms with Crippen LogP contribution in [0.1, 0.15) is 49.3 Å². The molecule has 1 saturated heterocycles. The van der Waals surface area contributed by atoms with E-state index in [1.165, 1.54) is 12.0 Å². The number of aliphatic hydroxyl groups is 1.